The number of amides is 1. The van der Waals surface area contributed by atoms with Crippen LogP contribution < -0.4 is 4.90 Å². The molecular weight excluding hydrogens is 435 g/mol. The third-order valence-corrected chi connectivity index (χ3v) is 8.00. The number of nitrogens with zero attached hydrogens (tertiary/aromatic N) is 2. The molecule has 0 radical (unpaired) electrons. The maximum Gasteiger partial charge on any atom is 0.303 e. The molecule has 0 aliphatic carbocycles. The Kier molecular flexibility index (Phi) is 6.05. The molecule has 2 aliphatic rings. The Morgan fingerprint density at radius 2 is 2.00 bits per heavy atom. The zero-order valence-corrected chi connectivity index (χ0v) is 17.1. The van der Waals surface area contributed by atoms with Crippen molar-refractivity contribution in [3.63, 3.8) is 0 Å². The van der Waals surface area contributed by atoms with E-state index in [4.69, 9.17) is 28.3 Å². The zero-order valence-electron chi connectivity index (χ0n) is 14.0. The van der Waals surface area contributed by atoms with Gasteiger partial charge in [-0.15, -0.1) is 0 Å². The Morgan fingerprint density at radius 3 is 2.70 bits per heavy atom. The van der Waals surface area contributed by atoms with Crippen LogP contribution in [0.2, 0.25) is 10.0 Å². The number of carbonyl (C=O) groups excluding carboxylic acids is 1. The van der Waals surface area contributed by atoms with E-state index in [1.54, 1.807) is 23.1 Å². The standard InChI is InChI=1S/C16H16Cl2N2O5S2/c17-9-4-5-10(18)11(6-9)20-12-7-27(24,25)8-13(12)26-16(20)19-14(21)2-1-3-15(22)23/h4-6,12-13H,1-3,7-8H2,(H,22,23)/t12-,13-/m1/s1. The number of aliphatic carboxylic acids is 1. The molecule has 0 saturated carbocycles. The van der Waals surface area contributed by atoms with E-state index in [2.05, 4.69) is 4.99 Å². The van der Waals surface area contributed by atoms with Gasteiger partial charge in [-0.1, -0.05) is 35.0 Å². The maximum absolute atomic E-state index is 12.2. The van der Waals surface area contributed by atoms with Gasteiger partial charge in [0.25, 0.3) is 0 Å². The van der Waals surface area contributed by atoms with Crippen LogP contribution in [-0.2, 0) is 19.4 Å². The van der Waals surface area contributed by atoms with E-state index >= 15 is 0 Å². The molecule has 2 aliphatic heterocycles. The van der Waals surface area contributed by atoms with Crippen LogP contribution in [0.5, 0.6) is 0 Å². The molecule has 3 rings (SSSR count). The fraction of sp³-hybridized carbons (Fsp3) is 0.438. The molecule has 1 amide bonds. The molecular formula is C16H16Cl2N2O5S2. The monoisotopic (exact) mass is 450 g/mol. The number of amidine groups is 1. The van der Waals surface area contributed by atoms with E-state index < -0.39 is 21.7 Å². The van der Waals surface area contributed by atoms with E-state index in [9.17, 15) is 18.0 Å². The molecule has 2 atom stereocenters. The maximum atomic E-state index is 12.2. The Labute approximate surface area is 170 Å². The van der Waals surface area contributed by atoms with Gasteiger partial charge < -0.3 is 10.0 Å². The lowest BCUT2D eigenvalue weighted by molar-refractivity contribution is -0.137. The number of carbonyl (C=O) groups is 2. The van der Waals surface area contributed by atoms with Gasteiger partial charge in [-0.2, -0.15) is 4.99 Å². The second-order valence-electron chi connectivity index (χ2n) is 6.30. The summed E-state index contributed by atoms with van der Waals surface area (Å²) in [5.74, 6) is -1.48. The van der Waals surface area contributed by atoms with Crippen LogP contribution in [0.25, 0.3) is 0 Å². The minimum absolute atomic E-state index is 0.00110. The van der Waals surface area contributed by atoms with Crippen molar-refractivity contribution in [1.82, 2.24) is 0 Å². The lowest BCUT2D eigenvalue weighted by atomic mass is 10.2. The van der Waals surface area contributed by atoms with Crippen LogP contribution in [0, 0.1) is 0 Å². The highest BCUT2D eigenvalue weighted by atomic mass is 35.5. The van der Waals surface area contributed by atoms with Crippen LogP contribution in [0.15, 0.2) is 23.2 Å². The molecule has 0 spiro atoms. The molecule has 2 heterocycles. The van der Waals surface area contributed by atoms with Gasteiger partial charge in [-0.05, 0) is 24.6 Å². The van der Waals surface area contributed by atoms with Gasteiger partial charge in [0, 0.05) is 23.1 Å². The first-order valence-electron chi connectivity index (χ1n) is 8.11. The van der Waals surface area contributed by atoms with Crippen molar-refractivity contribution in [3.05, 3.63) is 28.2 Å². The molecule has 7 nitrogen and oxygen atoms in total. The minimum Gasteiger partial charge on any atom is -0.481 e. The van der Waals surface area contributed by atoms with E-state index in [-0.39, 0.29) is 42.1 Å². The highest BCUT2D eigenvalue weighted by Crippen LogP contribution is 2.43. The summed E-state index contributed by atoms with van der Waals surface area (Å²) in [5.41, 5.74) is 0.498. The normalized spacial score (nSPS) is 25.0. The van der Waals surface area contributed by atoms with E-state index in [1.807, 2.05) is 0 Å². The van der Waals surface area contributed by atoms with Gasteiger partial charge >= 0.3 is 5.97 Å². The molecule has 2 saturated heterocycles. The Hall–Kier alpha value is -1.29. The predicted octanol–water partition coefficient (Wildman–Crippen LogP) is 2.85. The van der Waals surface area contributed by atoms with Crippen LogP contribution >= 0.6 is 35.0 Å². The number of thioether (sulfide) groups is 1. The number of benzene rings is 1. The summed E-state index contributed by atoms with van der Waals surface area (Å²) in [6.45, 7) is 0. The van der Waals surface area contributed by atoms with Crippen molar-refractivity contribution in [1.29, 1.82) is 0 Å². The van der Waals surface area contributed by atoms with Crippen LogP contribution in [-0.4, -0.2) is 53.4 Å². The molecule has 0 aromatic heterocycles. The van der Waals surface area contributed by atoms with E-state index in [0.29, 0.717) is 20.9 Å². The third-order valence-electron chi connectivity index (χ3n) is 4.24. The minimum atomic E-state index is -3.19. The summed E-state index contributed by atoms with van der Waals surface area (Å²) in [4.78, 5) is 28.5. The van der Waals surface area contributed by atoms with E-state index in [1.165, 1.54) is 11.8 Å². The molecule has 1 aromatic carbocycles. The molecule has 1 N–H and O–H groups in total. The molecule has 11 heteroatoms. The summed E-state index contributed by atoms with van der Waals surface area (Å²) < 4.78 is 24.1. The number of anilines is 1. The van der Waals surface area contributed by atoms with Crippen LogP contribution in [0.4, 0.5) is 5.69 Å². The topological polar surface area (TPSA) is 104 Å². The number of carboxylic acids is 1. The third kappa shape index (κ3) is 4.77. The van der Waals surface area contributed by atoms with Crippen molar-refractivity contribution in [3.8, 4) is 0 Å². The van der Waals surface area contributed by atoms with Crippen molar-refractivity contribution < 1.29 is 23.1 Å². The van der Waals surface area contributed by atoms with Gasteiger partial charge in [-0.3, -0.25) is 9.59 Å². The first kappa shape index (κ1) is 20.4. The Morgan fingerprint density at radius 1 is 1.26 bits per heavy atom. The quantitative estimate of drug-likeness (QED) is 0.734. The number of carboxylic acid groups (broad SMARTS) is 1. The molecule has 2 fully saturated rings. The van der Waals surface area contributed by atoms with Gasteiger partial charge in [0.2, 0.25) is 5.91 Å². The SMILES string of the molecule is O=C(O)CCCC(=O)N=C1S[C@@H]2CS(=O)(=O)C[C@H]2N1c1cc(Cl)ccc1Cl. The first-order chi connectivity index (χ1) is 12.7. The summed E-state index contributed by atoms with van der Waals surface area (Å²) in [6, 6.07) is 4.45. The summed E-state index contributed by atoms with van der Waals surface area (Å²) in [6.07, 6.45) is 0.0763. The molecule has 0 unspecified atom stereocenters. The van der Waals surface area contributed by atoms with Gasteiger partial charge in [0.1, 0.15) is 0 Å². The number of rotatable bonds is 5. The number of hydrogen-bond acceptors (Lipinski definition) is 5. The van der Waals surface area contributed by atoms with Crippen LogP contribution in [0.1, 0.15) is 19.3 Å². The molecule has 27 heavy (non-hydrogen) atoms. The van der Waals surface area contributed by atoms with Crippen molar-refractivity contribution in [2.24, 2.45) is 4.99 Å². The Balaban J connectivity index is 1.91. The fourth-order valence-corrected chi connectivity index (χ4v) is 7.37. The fourth-order valence-electron chi connectivity index (χ4n) is 3.07. The van der Waals surface area contributed by atoms with Gasteiger partial charge in [0.05, 0.1) is 28.3 Å². The number of sulfone groups is 1. The smallest absolute Gasteiger partial charge is 0.303 e. The lowest BCUT2D eigenvalue weighted by Crippen LogP contribution is -2.38. The second-order valence-corrected chi connectivity index (χ2v) is 10.5. The lowest BCUT2D eigenvalue weighted by Gasteiger charge is -2.25. The highest BCUT2D eigenvalue weighted by Gasteiger charge is 2.49. The number of fused-ring (bicyclic) bond motifs is 1. The number of halogens is 2. The average molecular weight is 451 g/mol. The van der Waals surface area contributed by atoms with Gasteiger partial charge in [-0.25, -0.2) is 8.42 Å². The predicted molar refractivity (Wildman–Crippen MR) is 107 cm³/mol. The molecule has 146 valence electrons. The molecule has 1 aromatic rings. The summed E-state index contributed by atoms with van der Waals surface area (Å²) >= 11 is 13.6. The van der Waals surface area contributed by atoms with Crippen molar-refractivity contribution in [2.45, 2.75) is 30.6 Å². The largest absolute Gasteiger partial charge is 0.481 e. The van der Waals surface area contributed by atoms with Gasteiger partial charge in [0.15, 0.2) is 15.0 Å². The summed E-state index contributed by atoms with van der Waals surface area (Å²) in [7, 11) is -3.19. The summed E-state index contributed by atoms with van der Waals surface area (Å²) in [5, 5.41) is 9.58. The second kappa shape index (κ2) is 7.98. The number of hydrogen-bond donors (Lipinski definition) is 1. The average Bonchev–Trinajstić information content (AvgIpc) is 3.00. The first-order valence-corrected chi connectivity index (χ1v) is 11.6. The highest BCUT2D eigenvalue weighted by molar-refractivity contribution is 8.16. The van der Waals surface area contributed by atoms with Crippen molar-refractivity contribution >= 4 is 67.5 Å². The van der Waals surface area contributed by atoms with Crippen molar-refractivity contribution in [2.75, 3.05) is 16.4 Å². The molecule has 0 bridgehead atoms. The Bertz CT molecular complexity index is 919. The van der Waals surface area contributed by atoms with E-state index in [0.717, 1.165) is 0 Å². The zero-order chi connectivity index (χ0) is 19.8. The van der Waals surface area contributed by atoms with Crippen LogP contribution in [0.3, 0.4) is 0 Å². The number of aliphatic imine (C=N–C) groups is 1.